The SMILES string of the molecule is CCN(CC)CCCC(C)NC(=NC)NCc1cccc(Br)c1. The molecule has 23 heavy (non-hydrogen) atoms. The van der Waals surface area contributed by atoms with Gasteiger partial charge in [0.25, 0.3) is 0 Å². The van der Waals surface area contributed by atoms with Crippen LogP contribution in [0.2, 0.25) is 0 Å². The topological polar surface area (TPSA) is 39.7 Å². The van der Waals surface area contributed by atoms with Gasteiger partial charge >= 0.3 is 0 Å². The molecule has 0 bridgehead atoms. The number of benzene rings is 1. The van der Waals surface area contributed by atoms with Gasteiger partial charge in [0.05, 0.1) is 0 Å². The van der Waals surface area contributed by atoms with E-state index in [1.165, 1.54) is 18.5 Å². The normalized spacial score (nSPS) is 13.2. The first kappa shape index (κ1) is 20.0. The highest BCUT2D eigenvalue weighted by molar-refractivity contribution is 9.10. The molecule has 0 heterocycles. The van der Waals surface area contributed by atoms with Crippen molar-refractivity contribution >= 4 is 21.9 Å². The number of hydrogen-bond acceptors (Lipinski definition) is 2. The average Bonchev–Trinajstić information content (AvgIpc) is 2.55. The molecule has 0 saturated heterocycles. The van der Waals surface area contributed by atoms with E-state index in [4.69, 9.17) is 0 Å². The van der Waals surface area contributed by atoms with Gasteiger partial charge in [-0.1, -0.05) is 41.9 Å². The average molecular weight is 383 g/mol. The van der Waals surface area contributed by atoms with Gasteiger partial charge in [0.1, 0.15) is 0 Å². The van der Waals surface area contributed by atoms with Gasteiger partial charge in [-0.05, 0) is 57.1 Å². The maximum absolute atomic E-state index is 4.31. The summed E-state index contributed by atoms with van der Waals surface area (Å²) in [6.07, 6.45) is 2.35. The van der Waals surface area contributed by atoms with Crippen molar-refractivity contribution < 1.29 is 0 Å². The Bertz CT molecular complexity index is 472. The summed E-state index contributed by atoms with van der Waals surface area (Å²) in [5, 5.41) is 6.84. The lowest BCUT2D eigenvalue weighted by molar-refractivity contribution is 0.292. The minimum absolute atomic E-state index is 0.416. The molecule has 1 rings (SSSR count). The molecule has 2 N–H and O–H groups in total. The van der Waals surface area contributed by atoms with E-state index in [1.807, 2.05) is 19.2 Å². The van der Waals surface area contributed by atoms with Gasteiger partial charge in [-0.2, -0.15) is 0 Å². The quantitative estimate of drug-likeness (QED) is 0.505. The molecule has 0 saturated carbocycles. The predicted octanol–water partition coefficient (Wildman–Crippen LogP) is 3.62. The maximum Gasteiger partial charge on any atom is 0.191 e. The molecule has 0 aliphatic heterocycles. The molecule has 130 valence electrons. The van der Waals surface area contributed by atoms with Gasteiger partial charge in [-0.3, -0.25) is 4.99 Å². The molecule has 1 aromatic carbocycles. The van der Waals surface area contributed by atoms with E-state index in [2.05, 4.69) is 69.4 Å². The number of nitrogens with zero attached hydrogens (tertiary/aromatic N) is 2. The molecular formula is C18H31BrN4. The third-order valence-corrected chi connectivity index (χ3v) is 4.45. The Morgan fingerprint density at radius 1 is 1.30 bits per heavy atom. The fourth-order valence-corrected chi connectivity index (χ4v) is 2.94. The Morgan fingerprint density at radius 3 is 2.65 bits per heavy atom. The number of rotatable bonds is 9. The van der Waals surface area contributed by atoms with E-state index < -0.39 is 0 Å². The number of hydrogen-bond donors (Lipinski definition) is 2. The van der Waals surface area contributed by atoms with Crippen LogP contribution in [0.25, 0.3) is 0 Å². The van der Waals surface area contributed by atoms with Crippen LogP contribution in [-0.4, -0.2) is 43.6 Å². The van der Waals surface area contributed by atoms with Gasteiger partial charge in [0.2, 0.25) is 0 Å². The number of halogens is 1. The van der Waals surface area contributed by atoms with E-state index in [9.17, 15) is 0 Å². The zero-order chi connectivity index (χ0) is 17.1. The van der Waals surface area contributed by atoms with Gasteiger partial charge < -0.3 is 15.5 Å². The molecule has 0 amide bonds. The second-order valence-electron chi connectivity index (χ2n) is 5.77. The first-order chi connectivity index (χ1) is 11.1. The van der Waals surface area contributed by atoms with Crippen molar-refractivity contribution in [2.75, 3.05) is 26.7 Å². The van der Waals surface area contributed by atoms with Crippen LogP contribution in [0.5, 0.6) is 0 Å². The highest BCUT2D eigenvalue weighted by atomic mass is 79.9. The van der Waals surface area contributed by atoms with Crippen molar-refractivity contribution in [3.05, 3.63) is 34.3 Å². The van der Waals surface area contributed by atoms with Crippen molar-refractivity contribution in [3.8, 4) is 0 Å². The lowest BCUT2D eigenvalue weighted by Gasteiger charge is -2.21. The molecule has 1 atom stereocenters. The summed E-state index contributed by atoms with van der Waals surface area (Å²) in [5.41, 5.74) is 1.23. The minimum Gasteiger partial charge on any atom is -0.354 e. The van der Waals surface area contributed by atoms with Crippen LogP contribution in [0.3, 0.4) is 0 Å². The smallest absolute Gasteiger partial charge is 0.191 e. The summed E-state index contributed by atoms with van der Waals surface area (Å²) in [6, 6.07) is 8.73. The van der Waals surface area contributed by atoms with Crippen molar-refractivity contribution in [1.29, 1.82) is 0 Å². The largest absolute Gasteiger partial charge is 0.354 e. The van der Waals surface area contributed by atoms with Crippen LogP contribution in [-0.2, 0) is 6.54 Å². The monoisotopic (exact) mass is 382 g/mol. The Kier molecular flexibility index (Phi) is 9.96. The minimum atomic E-state index is 0.416. The second kappa shape index (κ2) is 11.5. The first-order valence-electron chi connectivity index (χ1n) is 8.53. The molecule has 0 radical (unpaired) electrons. The Balaban J connectivity index is 2.32. The van der Waals surface area contributed by atoms with Crippen LogP contribution in [0.15, 0.2) is 33.7 Å². The molecular weight excluding hydrogens is 352 g/mol. The van der Waals surface area contributed by atoms with Crippen LogP contribution < -0.4 is 10.6 Å². The first-order valence-corrected chi connectivity index (χ1v) is 9.32. The lowest BCUT2D eigenvalue weighted by atomic mass is 10.2. The molecule has 1 aromatic rings. The fourth-order valence-electron chi connectivity index (χ4n) is 2.49. The molecule has 0 aliphatic rings. The second-order valence-corrected chi connectivity index (χ2v) is 6.69. The van der Waals surface area contributed by atoms with Crippen molar-refractivity contribution in [3.63, 3.8) is 0 Å². The maximum atomic E-state index is 4.31. The number of guanidine groups is 1. The van der Waals surface area contributed by atoms with Crippen molar-refractivity contribution in [2.24, 2.45) is 4.99 Å². The molecule has 5 heteroatoms. The van der Waals surface area contributed by atoms with Gasteiger partial charge in [-0.25, -0.2) is 0 Å². The molecule has 4 nitrogen and oxygen atoms in total. The molecule has 0 fully saturated rings. The third-order valence-electron chi connectivity index (χ3n) is 3.96. The molecule has 0 spiro atoms. The van der Waals surface area contributed by atoms with E-state index >= 15 is 0 Å². The highest BCUT2D eigenvalue weighted by Crippen LogP contribution is 2.11. The lowest BCUT2D eigenvalue weighted by Crippen LogP contribution is -2.42. The van der Waals surface area contributed by atoms with E-state index in [0.717, 1.165) is 36.5 Å². The Morgan fingerprint density at radius 2 is 2.04 bits per heavy atom. The summed E-state index contributed by atoms with van der Waals surface area (Å²) in [5.74, 6) is 0.861. The van der Waals surface area contributed by atoms with Crippen LogP contribution in [0, 0.1) is 0 Å². The summed E-state index contributed by atoms with van der Waals surface area (Å²) in [6.45, 7) is 10.9. The zero-order valence-electron chi connectivity index (χ0n) is 14.9. The summed E-state index contributed by atoms with van der Waals surface area (Å²) in [4.78, 5) is 6.78. The van der Waals surface area contributed by atoms with Crippen LogP contribution in [0.1, 0.15) is 39.2 Å². The van der Waals surface area contributed by atoms with Crippen LogP contribution >= 0.6 is 15.9 Å². The highest BCUT2D eigenvalue weighted by Gasteiger charge is 2.06. The van der Waals surface area contributed by atoms with E-state index in [1.54, 1.807) is 0 Å². The third kappa shape index (κ3) is 8.37. The predicted molar refractivity (Wildman–Crippen MR) is 104 cm³/mol. The molecule has 1 unspecified atom stereocenters. The standard InChI is InChI=1S/C18H31BrN4/c1-5-23(6-2)12-8-9-15(3)22-18(20-4)21-14-16-10-7-11-17(19)13-16/h7,10-11,13,15H,5-6,8-9,12,14H2,1-4H3,(H2,20,21,22). The van der Waals surface area contributed by atoms with Gasteiger partial charge in [0.15, 0.2) is 5.96 Å². The van der Waals surface area contributed by atoms with Crippen molar-refractivity contribution in [2.45, 2.75) is 46.2 Å². The molecule has 0 aromatic heterocycles. The molecule has 0 aliphatic carbocycles. The van der Waals surface area contributed by atoms with Gasteiger partial charge in [0, 0.05) is 24.1 Å². The van der Waals surface area contributed by atoms with E-state index in [0.29, 0.717) is 6.04 Å². The summed E-state index contributed by atoms with van der Waals surface area (Å²) in [7, 11) is 1.82. The fraction of sp³-hybridized carbons (Fsp3) is 0.611. The van der Waals surface area contributed by atoms with Gasteiger partial charge in [-0.15, -0.1) is 0 Å². The van der Waals surface area contributed by atoms with Crippen LogP contribution in [0.4, 0.5) is 0 Å². The van der Waals surface area contributed by atoms with Crippen molar-refractivity contribution in [1.82, 2.24) is 15.5 Å². The zero-order valence-corrected chi connectivity index (χ0v) is 16.5. The van der Waals surface area contributed by atoms with E-state index in [-0.39, 0.29) is 0 Å². The summed E-state index contributed by atoms with van der Waals surface area (Å²) >= 11 is 3.50. The number of nitrogens with one attached hydrogen (secondary N) is 2. The Labute approximate surface area is 149 Å². The summed E-state index contributed by atoms with van der Waals surface area (Å²) < 4.78 is 1.10. The number of aliphatic imine (C=N–C) groups is 1. The Hall–Kier alpha value is -1.07.